The molecule has 0 aromatic carbocycles. The smallest absolute Gasteiger partial charge is 0.328 e. The van der Waals surface area contributed by atoms with Crippen LogP contribution in [0.1, 0.15) is 6.92 Å². The summed E-state index contributed by atoms with van der Waals surface area (Å²) in [5.41, 5.74) is 0. The number of carbonyl (C=O) groups excluding carboxylic acids is 1. The van der Waals surface area contributed by atoms with Gasteiger partial charge in [-0.05, 0) is 6.92 Å². The molecule has 1 fully saturated rings. The fraction of sp³-hybridized carbons (Fsp3) is 0.800. The molecule has 2 unspecified atom stereocenters. The lowest BCUT2D eigenvalue weighted by Gasteiger charge is -2.37. The first kappa shape index (κ1) is 14.7. The maximum absolute atomic E-state index is 11.8. The number of nitrogens with one attached hydrogen (secondary N) is 1. The molecule has 0 saturated carbocycles. The highest BCUT2D eigenvalue weighted by molar-refractivity contribution is 5.82. The molecule has 1 aliphatic heterocycles. The van der Waals surface area contributed by atoms with E-state index in [0.717, 1.165) is 0 Å². The van der Waals surface area contributed by atoms with Crippen LogP contribution in [-0.2, 0) is 9.53 Å². The van der Waals surface area contributed by atoms with Crippen LogP contribution in [0.5, 0.6) is 0 Å². The minimum absolute atomic E-state index is 0.182. The topological polar surface area (TPSA) is 119 Å². The molecule has 0 bridgehead atoms. The van der Waals surface area contributed by atoms with Gasteiger partial charge in [0.25, 0.3) is 0 Å². The summed E-state index contributed by atoms with van der Waals surface area (Å²) < 4.78 is 5.26. The molecule has 0 aliphatic carbocycles. The van der Waals surface area contributed by atoms with Gasteiger partial charge < -0.3 is 30.3 Å². The Hall–Kier alpha value is -1.38. The molecule has 4 N–H and O–H groups in total. The quantitative estimate of drug-likeness (QED) is 0.475. The lowest BCUT2D eigenvalue weighted by atomic mass is 10.2. The number of nitrogens with zero attached hydrogens (tertiary/aromatic N) is 1. The fourth-order valence-corrected chi connectivity index (χ4v) is 1.63. The van der Waals surface area contributed by atoms with Crippen LogP contribution >= 0.6 is 0 Å². The second-order valence-electron chi connectivity index (χ2n) is 4.16. The first-order valence-corrected chi connectivity index (χ1v) is 5.62. The Morgan fingerprint density at radius 3 is 2.67 bits per heavy atom. The number of morpholine rings is 1. The molecular formula is C10H18N2O6. The van der Waals surface area contributed by atoms with Gasteiger partial charge in [0.1, 0.15) is 0 Å². The third-order valence-corrected chi connectivity index (χ3v) is 2.75. The number of urea groups is 1. The van der Waals surface area contributed by atoms with Gasteiger partial charge in [0.05, 0.1) is 38.5 Å². The molecule has 1 rings (SSSR count). The van der Waals surface area contributed by atoms with Crippen LogP contribution in [0, 0.1) is 0 Å². The number of aliphatic carboxylic acids is 1. The van der Waals surface area contributed by atoms with Crippen molar-refractivity contribution < 1.29 is 29.6 Å². The summed E-state index contributed by atoms with van der Waals surface area (Å²) in [6.45, 7) is 1.32. The van der Waals surface area contributed by atoms with E-state index in [0.29, 0.717) is 0 Å². The van der Waals surface area contributed by atoms with Crippen molar-refractivity contribution in [3.05, 3.63) is 0 Å². The van der Waals surface area contributed by atoms with Crippen LogP contribution in [0.3, 0.4) is 0 Å². The van der Waals surface area contributed by atoms with E-state index in [4.69, 9.17) is 20.1 Å². The molecule has 8 nitrogen and oxygen atoms in total. The molecule has 1 heterocycles. The monoisotopic (exact) mass is 262 g/mol. The van der Waals surface area contributed by atoms with Crippen molar-refractivity contribution in [1.29, 1.82) is 0 Å². The number of carboxylic acids is 1. The molecule has 8 heteroatoms. The number of aliphatic hydroxyl groups is 2. The molecule has 0 radical (unpaired) electrons. The Bertz CT molecular complexity index is 311. The van der Waals surface area contributed by atoms with Gasteiger partial charge in [0.15, 0.2) is 6.04 Å². The highest BCUT2D eigenvalue weighted by Crippen LogP contribution is 2.11. The van der Waals surface area contributed by atoms with Crippen molar-refractivity contribution in [2.75, 3.05) is 26.4 Å². The van der Waals surface area contributed by atoms with E-state index < -0.39 is 30.8 Å². The number of carboxylic acid groups (broad SMARTS) is 1. The number of carbonyl (C=O) groups is 2. The molecule has 0 aromatic heterocycles. The molecular weight excluding hydrogens is 244 g/mol. The Kier molecular flexibility index (Phi) is 5.32. The first-order chi connectivity index (χ1) is 8.49. The van der Waals surface area contributed by atoms with Crippen LogP contribution in [0.4, 0.5) is 4.79 Å². The lowest BCUT2D eigenvalue weighted by molar-refractivity contribution is -0.140. The third-order valence-electron chi connectivity index (χ3n) is 2.75. The molecule has 1 aliphatic rings. The molecule has 1 saturated heterocycles. The lowest BCUT2D eigenvalue weighted by Crippen LogP contribution is -2.58. The highest BCUT2D eigenvalue weighted by Gasteiger charge is 2.31. The van der Waals surface area contributed by atoms with E-state index in [1.165, 1.54) is 4.90 Å². The van der Waals surface area contributed by atoms with E-state index >= 15 is 0 Å². The average molecular weight is 262 g/mol. The third kappa shape index (κ3) is 3.56. The summed E-state index contributed by atoms with van der Waals surface area (Å²) in [5.74, 6) is -1.30. The Balaban J connectivity index is 2.61. The Morgan fingerprint density at radius 2 is 2.17 bits per heavy atom. The van der Waals surface area contributed by atoms with E-state index in [1.807, 2.05) is 0 Å². The number of amides is 2. The van der Waals surface area contributed by atoms with E-state index in [9.17, 15) is 9.59 Å². The molecule has 3 atom stereocenters. The second-order valence-corrected chi connectivity index (χ2v) is 4.16. The van der Waals surface area contributed by atoms with Gasteiger partial charge in [-0.3, -0.25) is 0 Å². The van der Waals surface area contributed by atoms with Crippen molar-refractivity contribution in [2.45, 2.75) is 25.1 Å². The van der Waals surface area contributed by atoms with E-state index in [2.05, 4.69) is 5.32 Å². The Morgan fingerprint density at radius 1 is 1.50 bits per heavy atom. The van der Waals surface area contributed by atoms with Gasteiger partial charge in [0.2, 0.25) is 0 Å². The van der Waals surface area contributed by atoms with E-state index in [-0.39, 0.29) is 25.8 Å². The van der Waals surface area contributed by atoms with Crippen LogP contribution in [0.15, 0.2) is 0 Å². The molecule has 2 amide bonds. The second kappa shape index (κ2) is 6.53. The predicted molar refractivity (Wildman–Crippen MR) is 60.0 cm³/mol. The van der Waals surface area contributed by atoms with Crippen LogP contribution in [0.2, 0.25) is 0 Å². The van der Waals surface area contributed by atoms with Crippen LogP contribution in [-0.4, -0.2) is 76.8 Å². The van der Waals surface area contributed by atoms with Gasteiger partial charge in [-0.15, -0.1) is 0 Å². The van der Waals surface area contributed by atoms with Crippen molar-refractivity contribution in [2.24, 2.45) is 0 Å². The van der Waals surface area contributed by atoms with Gasteiger partial charge in [-0.1, -0.05) is 0 Å². The summed E-state index contributed by atoms with van der Waals surface area (Å²) >= 11 is 0. The minimum Gasteiger partial charge on any atom is -0.480 e. The SMILES string of the molecule is CC1COC(CO)CN1C(=O)N[C@@H](CO)C(=O)O. The van der Waals surface area contributed by atoms with Gasteiger partial charge in [-0.25, -0.2) is 9.59 Å². The summed E-state index contributed by atoms with van der Waals surface area (Å²) in [4.78, 5) is 23.9. The van der Waals surface area contributed by atoms with Crippen molar-refractivity contribution in [1.82, 2.24) is 10.2 Å². The number of hydrogen-bond acceptors (Lipinski definition) is 5. The predicted octanol–water partition coefficient (Wildman–Crippen LogP) is -1.78. The zero-order chi connectivity index (χ0) is 13.7. The largest absolute Gasteiger partial charge is 0.480 e. The van der Waals surface area contributed by atoms with Gasteiger partial charge >= 0.3 is 12.0 Å². The average Bonchev–Trinajstić information content (AvgIpc) is 2.35. The summed E-state index contributed by atoms with van der Waals surface area (Å²) in [5, 5.41) is 28.7. The van der Waals surface area contributed by atoms with E-state index in [1.54, 1.807) is 6.92 Å². The highest BCUT2D eigenvalue weighted by atomic mass is 16.5. The van der Waals surface area contributed by atoms with Gasteiger partial charge in [0, 0.05) is 0 Å². The number of aliphatic hydroxyl groups excluding tert-OH is 2. The molecule has 0 spiro atoms. The minimum atomic E-state index is -1.33. The van der Waals surface area contributed by atoms with Crippen molar-refractivity contribution in [3.63, 3.8) is 0 Å². The van der Waals surface area contributed by atoms with Crippen LogP contribution < -0.4 is 5.32 Å². The number of rotatable bonds is 4. The number of hydrogen-bond donors (Lipinski definition) is 4. The molecule has 104 valence electrons. The van der Waals surface area contributed by atoms with Crippen LogP contribution in [0.25, 0.3) is 0 Å². The van der Waals surface area contributed by atoms with Crippen molar-refractivity contribution in [3.8, 4) is 0 Å². The fourth-order valence-electron chi connectivity index (χ4n) is 1.63. The molecule has 0 aromatic rings. The molecule has 18 heavy (non-hydrogen) atoms. The first-order valence-electron chi connectivity index (χ1n) is 5.62. The standard InChI is InChI=1S/C10H18N2O6/c1-6-5-18-7(3-13)2-12(6)10(17)11-8(4-14)9(15)16/h6-8,13-14H,2-5H2,1H3,(H,11,17)(H,15,16)/t6?,7?,8-/m0/s1. The maximum atomic E-state index is 11.8. The summed E-state index contributed by atoms with van der Waals surface area (Å²) in [7, 11) is 0. The zero-order valence-corrected chi connectivity index (χ0v) is 10.1. The van der Waals surface area contributed by atoms with Crippen molar-refractivity contribution >= 4 is 12.0 Å². The summed E-state index contributed by atoms with van der Waals surface area (Å²) in [6.07, 6.45) is -0.468. The zero-order valence-electron chi connectivity index (χ0n) is 10.1. The Labute approximate surface area is 104 Å². The maximum Gasteiger partial charge on any atom is 0.328 e. The summed E-state index contributed by atoms with van der Waals surface area (Å²) in [6, 6.07) is -2.15. The van der Waals surface area contributed by atoms with Gasteiger partial charge in [-0.2, -0.15) is 0 Å². The number of ether oxygens (including phenoxy) is 1. The normalized spacial score (nSPS) is 25.6.